The van der Waals surface area contributed by atoms with E-state index in [4.69, 9.17) is 9.47 Å². The van der Waals surface area contributed by atoms with Crippen LogP contribution in [-0.4, -0.2) is 35.1 Å². The normalized spacial score (nSPS) is 20.8. The first kappa shape index (κ1) is 16.4. The fraction of sp³-hybridized carbons (Fsp3) is 0.471. The third-order valence-corrected chi connectivity index (χ3v) is 3.53. The molecule has 0 saturated heterocycles. The first-order chi connectivity index (χ1) is 10.3. The lowest BCUT2D eigenvalue weighted by Gasteiger charge is -2.30. The fourth-order valence-corrected chi connectivity index (χ4v) is 2.59. The third kappa shape index (κ3) is 3.60. The van der Waals surface area contributed by atoms with Crippen molar-refractivity contribution in [1.82, 2.24) is 5.06 Å². The molecule has 2 rings (SSSR count). The molecule has 0 spiro atoms. The van der Waals surface area contributed by atoms with Gasteiger partial charge in [0.25, 0.3) is 0 Å². The summed E-state index contributed by atoms with van der Waals surface area (Å²) in [6.45, 7) is 5.30. The Morgan fingerprint density at radius 1 is 1.32 bits per heavy atom. The minimum atomic E-state index is -0.735. The van der Waals surface area contributed by atoms with E-state index in [2.05, 4.69) is 0 Å². The molecule has 0 aromatic heterocycles. The summed E-state index contributed by atoms with van der Waals surface area (Å²) >= 11 is 0. The standard InChI is InChI=1S/C17H23NO4/c1-17(2,3)22-16(19)18(20)14-10-7-9-12(14)13-8-5-6-11-15(13)21-4/h5-9,11-12,14,20H,10H2,1-4H3/t12-,14+/m1/s1. The Morgan fingerprint density at radius 3 is 2.64 bits per heavy atom. The summed E-state index contributed by atoms with van der Waals surface area (Å²) in [6.07, 6.45) is 3.77. The quantitative estimate of drug-likeness (QED) is 0.525. The topological polar surface area (TPSA) is 59.0 Å². The number of nitrogens with zero attached hydrogens (tertiary/aromatic N) is 1. The van der Waals surface area contributed by atoms with Gasteiger partial charge in [-0.3, -0.25) is 5.21 Å². The van der Waals surface area contributed by atoms with Crippen LogP contribution in [0.15, 0.2) is 36.4 Å². The van der Waals surface area contributed by atoms with Crippen molar-refractivity contribution >= 4 is 6.09 Å². The van der Waals surface area contributed by atoms with Crippen molar-refractivity contribution in [2.24, 2.45) is 0 Å². The van der Waals surface area contributed by atoms with Crippen molar-refractivity contribution in [3.8, 4) is 5.75 Å². The van der Waals surface area contributed by atoms with Gasteiger partial charge in [0.05, 0.1) is 13.2 Å². The molecule has 1 aliphatic carbocycles. The molecule has 1 N–H and O–H groups in total. The van der Waals surface area contributed by atoms with Crippen molar-refractivity contribution in [1.29, 1.82) is 0 Å². The molecule has 0 heterocycles. The summed E-state index contributed by atoms with van der Waals surface area (Å²) < 4.78 is 10.6. The second-order valence-electron chi connectivity index (χ2n) is 6.32. The average molecular weight is 305 g/mol. The molecule has 1 amide bonds. The monoisotopic (exact) mass is 305 g/mol. The van der Waals surface area contributed by atoms with E-state index in [9.17, 15) is 10.0 Å². The third-order valence-electron chi connectivity index (χ3n) is 3.53. The van der Waals surface area contributed by atoms with Crippen LogP contribution in [0.5, 0.6) is 5.75 Å². The Kier molecular flexibility index (Phi) is 4.76. The highest BCUT2D eigenvalue weighted by Crippen LogP contribution is 2.37. The number of methoxy groups -OCH3 is 1. The van der Waals surface area contributed by atoms with E-state index in [0.717, 1.165) is 11.3 Å². The van der Waals surface area contributed by atoms with Crippen LogP contribution in [0.3, 0.4) is 0 Å². The van der Waals surface area contributed by atoms with Gasteiger partial charge in [0.15, 0.2) is 0 Å². The fourth-order valence-electron chi connectivity index (χ4n) is 2.59. The number of rotatable bonds is 3. The van der Waals surface area contributed by atoms with E-state index in [1.165, 1.54) is 0 Å². The van der Waals surface area contributed by atoms with Crippen LogP contribution in [0.4, 0.5) is 4.79 Å². The molecule has 120 valence electrons. The van der Waals surface area contributed by atoms with Crippen LogP contribution in [-0.2, 0) is 4.74 Å². The van der Waals surface area contributed by atoms with Gasteiger partial charge in [-0.25, -0.2) is 4.79 Å². The molecule has 1 aromatic rings. The van der Waals surface area contributed by atoms with Crippen LogP contribution < -0.4 is 4.74 Å². The van der Waals surface area contributed by atoms with E-state index >= 15 is 0 Å². The van der Waals surface area contributed by atoms with Crippen molar-refractivity contribution < 1.29 is 19.5 Å². The van der Waals surface area contributed by atoms with Gasteiger partial charge < -0.3 is 9.47 Å². The lowest BCUT2D eigenvalue weighted by molar-refractivity contribution is -0.120. The molecule has 0 saturated carbocycles. The number of carbonyl (C=O) groups is 1. The van der Waals surface area contributed by atoms with Gasteiger partial charge in [0.1, 0.15) is 11.4 Å². The largest absolute Gasteiger partial charge is 0.496 e. The van der Waals surface area contributed by atoms with Crippen molar-refractivity contribution in [3.05, 3.63) is 42.0 Å². The lowest BCUT2D eigenvalue weighted by atomic mass is 9.93. The van der Waals surface area contributed by atoms with Crippen LogP contribution in [0, 0.1) is 0 Å². The van der Waals surface area contributed by atoms with Gasteiger partial charge in [-0.1, -0.05) is 30.4 Å². The number of para-hydroxylation sites is 1. The van der Waals surface area contributed by atoms with E-state index in [0.29, 0.717) is 11.5 Å². The summed E-state index contributed by atoms with van der Waals surface area (Å²) in [6, 6.07) is 7.21. The number of hydrogen-bond acceptors (Lipinski definition) is 4. The summed E-state index contributed by atoms with van der Waals surface area (Å²) in [7, 11) is 1.61. The molecule has 5 heteroatoms. The van der Waals surface area contributed by atoms with Crippen LogP contribution in [0.2, 0.25) is 0 Å². The van der Waals surface area contributed by atoms with Gasteiger partial charge in [-0.2, -0.15) is 5.06 Å². The predicted molar refractivity (Wildman–Crippen MR) is 83.1 cm³/mol. The van der Waals surface area contributed by atoms with Gasteiger partial charge in [-0.15, -0.1) is 0 Å². The van der Waals surface area contributed by atoms with Gasteiger partial charge in [0.2, 0.25) is 0 Å². The minimum absolute atomic E-state index is 0.131. The van der Waals surface area contributed by atoms with Gasteiger partial charge in [-0.05, 0) is 33.3 Å². The van der Waals surface area contributed by atoms with Crippen molar-refractivity contribution in [2.75, 3.05) is 7.11 Å². The molecular weight excluding hydrogens is 282 g/mol. The smallest absolute Gasteiger partial charge is 0.434 e. The molecule has 22 heavy (non-hydrogen) atoms. The van der Waals surface area contributed by atoms with Crippen molar-refractivity contribution in [3.63, 3.8) is 0 Å². The number of hydroxylamine groups is 2. The molecule has 1 aromatic carbocycles. The SMILES string of the molecule is COc1ccccc1[C@H]1C=CC[C@@H]1N(O)C(=O)OC(C)(C)C. The molecule has 1 aliphatic rings. The molecule has 0 radical (unpaired) electrons. The molecule has 0 unspecified atom stereocenters. The maximum Gasteiger partial charge on any atom is 0.434 e. The highest BCUT2D eigenvalue weighted by molar-refractivity contribution is 5.67. The molecular formula is C17H23NO4. The molecule has 0 bridgehead atoms. The number of ether oxygens (including phenoxy) is 2. The van der Waals surface area contributed by atoms with E-state index < -0.39 is 17.7 Å². The Hall–Kier alpha value is -2.01. The Labute approximate surface area is 131 Å². The molecule has 2 atom stereocenters. The van der Waals surface area contributed by atoms with E-state index in [-0.39, 0.29) is 5.92 Å². The zero-order valence-electron chi connectivity index (χ0n) is 13.4. The summed E-state index contributed by atoms with van der Waals surface area (Å²) in [4.78, 5) is 12.1. The predicted octanol–water partition coefficient (Wildman–Crippen LogP) is 3.73. The molecule has 5 nitrogen and oxygen atoms in total. The van der Waals surface area contributed by atoms with Crippen LogP contribution in [0.25, 0.3) is 0 Å². The van der Waals surface area contributed by atoms with Gasteiger partial charge >= 0.3 is 6.09 Å². The second-order valence-corrected chi connectivity index (χ2v) is 6.32. The Morgan fingerprint density at radius 2 is 2.00 bits per heavy atom. The van der Waals surface area contributed by atoms with Crippen LogP contribution >= 0.6 is 0 Å². The lowest BCUT2D eigenvalue weighted by Crippen LogP contribution is -2.42. The minimum Gasteiger partial charge on any atom is -0.496 e. The first-order valence-corrected chi connectivity index (χ1v) is 7.34. The van der Waals surface area contributed by atoms with Gasteiger partial charge in [0, 0.05) is 11.5 Å². The highest BCUT2D eigenvalue weighted by Gasteiger charge is 2.35. The van der Waals surface area contributed by atoms with E-state index in [1.807, 2.05) is 36.4 Å². The number of amides is 1. The maximum absolute atomic E-state index is 12.1. The van der Waals surface area contributed by atoms with Crippen LogP contribution in [0.1, 0.15) is 38.7 Å². The van der Waals surface area contributed by atoms with Crippen molar-refractivity contribution in [2.45, 2.75) is 44.8 Å². The number of benzene rings is 1. The summed E-state index contributed by atoms with van der Waals surface area (Å²) in [5.41, 5.74) is 0.288. The maximum atomic E-state index is 12.1. The second kappa shape index (κ2) is 6.40. The Balaban J connectivity index is 2.19. The Bertz CT molecular complexity index is 562. The zero-order chi connectivity index (χ0) is 16.3. The number of carbonyl (C=O) groups excluding carboxylic acids is 1. The zero-order valence-corrected chi connectivity index (χ0v) is 13.4. The number of hydrogen-bond donors (Lipinski definition) is 1. The summed E-state index contributed by atoms with van der Waals surface area (Å²) in [5.74, 6) is 0.607. The molecule has 0 aliphatic heterocycles. The average Bonchev–Trinajstić information content (AvgIpc) is 2.93. The first-order valence-electron chi connectivity index (χ1n) is 7.34. The highest BCUT2D eigenvalue weighted by atomic mass is 16.6. The molecule has 0 fully saturated rings. The van der Waals surface area contributed by atoms with E-state index in [1.54, 1.807) is 27.9 Å². The summed E-state index contributed by atoms with van der Waals surface area (Å²) in [5, 5.41) is 11.0.